The summed E-state index contributed by atoms with van der Waals surface area (Å²) in [5, 5.41) is 23.6. The van der Waals surface area contributed by atoms with E-state index < -0.39 is 11.8 Å². The molecule has 0 amide bonds. The number of aromatic hydroxyl groups is 2. The zero-order valence-corrected chi connectivity index (χ0v) is 18.9. The van der Waals surface area contributed by atoms with Crippen LogP contribution in [0, 0.1) is 5.82 Å². The topological polar surface area (TPSA) is 84.6 Å². The van der Waals surface area contributed by atoms with Crippen molar-refractivity contribution in [1.82, 2.24) is 9.78 Å². The van der Waals surface area contributed by atoms with Crippen molar-refractivity contribution in [3.63, 3.8) is 0 Å². The molecule has 7 heteroatoms. The largest absolute Gasteiger partial charge is 0.508 e. The number of halogens is 1. The van der Waals surface area contributed by atoms with E-state index in [9.17, 15) is 19.4 Å². The second kappa shape index (κ2) is 10.5. The Morgan fingerprint density at radius 2 is 1.49 bits per heavy atom. The van der Waals surface area contributed by atoms with E-state index in [2.05, 4.69) is 5.10 Å². The van der Waals surface area contributed by atoms with E-state index in [1.807, 2.05) is 30.4 Å². The first-order chi connectivity index (χ1) is 16.9. The van der Waals surface area contributed by atoms with Gasteiger partial charge in [-0.05, 0) is 72.7 Å². The summed E-state index contributed by atoms with van der Waals surface area (Å²) in [4.78, 5) is 12.0. The number of phenols is 2. The summed E-state index contributed by atoms with van der Waals surface area (Å²) in [5.41, 5.74) is 3.33. The molecule has 4 rings (SSSR count). The third-order valence-electron chi connectivity index (χ3n) is 5.13. The Balaban J connectivity index is 1.70. The van der Waals surface area contributed by atoms with Gasteiger partial charge in [0.15, 0.2) is 0 Å². The molecule has 0 saturated carbocycles. The van der Waals surface area contributed by atoms with Crippen LogP contribution in [0.15, 0.2) is 72.8 Å². The number of rotatable bonds is 7. The molecule has 0 unspecified atom stereocenters. The number of ether oxygens (including phenoxy) is 1. The second-order valence-corrected chi connectivity index (χ2v) is 7.64. The third kappa shape index (κ3) is 5.83. The molecule has 1 heterocycles. The predicted molar refractivity (Wildman–Crippen MR) is 134 cm³/mol. The number of hydrogen-bond acceptors (Lipinski definition) is 5. The molecule has 4 aromatic rings. The van der Waals surface area contributed by atoms with Gasteiger partial charge in [0.05, 0.1) is 29.2 Å². The van der Waals surface area contributed by atoms with Crippen LogP contribution >= 0.6 is 0 Å². The van der Waals surface area contributed by atoms with Crippen LogP contribution in [0.2, 0.25) is 0 Å². The van der Waals surface area contributed by atoms with Crippen LogP contribution < -0.4 is 0 Å². The summed E-state index contributed by atoms with van der Waals surface area (Å²) in [6.45, 7) is 1.82. The van der Waals surface area contributed by atoms with E-state index in [-0.39, 0.29) is 23.7 Å². The highest BCUT2D eigenvalue weighted by Gasteiger charge is 2.15. The molecule has 0 aliphatic carbocycles. The normalized spacial score (nSPS) is 11.4. The van der Waals surface area contributed by atoms with Crippen LogP contribution in [-0.2, 0) is 4.74 Å². The van der Waals surface area contributed by atoms with Crippen molar-refractivity contribution in [2.45, 2.75) is 6.92 Å². The van der Waals surface area contributed by atoms with Crippen LogP contribution in [0.5, 0.6) is 11.5 Å². The molecule has 0 bridgehead atoms. The van der Waals surface area contributed by atoms with Gasteiger partial charge < -0.3 is 14.9 Å². The van der Waals surface area contributed by atoms with Crippen molar-refractivity contribution in [2.24, 2.45) is 0 Å². The fourth-order valence-corrected chi connectivity index (χ4v) is 3.37. The van der Waals surface area contributed by atoms with E-state index in [1.54, 1.807) is 66.2 Å². The lowest BCUT2D eigenvalue weighted by Gasteiger charge is -2.08. The SMILES string of the molecule is CCOC(=O)c1ccc(-n2nc(/C=C/c3ccc(O)cc3)cc2/C=C/c2ccc(O)cc2)cc1F. The van der Waals surface area contributed by atoms with Gasteiger partial charge in [0.1, 0.15) is 17.3 Å². The number of carbonyl (C=O) groups is 1. The molecule has 0 radical (unpaired) electrons. The Morgan fingerprint density at radius 1 is 0.886 bits per heavy atom. The van der Waals surface area contributed by atoms with Crippen LogP contribution in [0.4, 0.5) is 4.39 Å². The monoisotopic (exact) mass is 470 g/mol. The van der Waals surface area contributed by atoms with Crippen LogP contribution in [0.3, 0.4) is 0 Å². The summed E-state index contributed by atoms with van der Waals surface area (Å²) in [6, 6.07) is 19.5. The van der Waals surface area contributed by atoms with Crippen LogP contribution in [0.1, 0.15) is 39.8 Å². The number of esters is 1. The minimum atomic E-state index is -0.720. The van der Waals surface area contributed by atoms with Gasteiger partial charge in [0, 0.05) is 6.07 Å². The molecule has 1 aromatic heterocycles. The maximum absolute atomic E-state index is 14.7. The lowest BCUT2D eigenvalue weighted by molar-refractivity contribution is 0.0521. The van der Waals surface area contributed by atoms with Gasteiger partial charge in [-0.1, -0.05) is 36.4 Å². The van der Waals surface area contributed by atoms with Gasteiger partial charge >= 0.3 is 5.97 Å². The minimum Gasteiger partial charge on any atom is -0.508 e. The van der Waals surface area contributed by atoms with Gasteiger partial charge in [-0.3, -0.25) is 0 Å². The number of phenolic OH excluding ortho intramolecular Hbond substituents is 2. The van der Waals surface area contributed by atoms with Crippen molar-refractivity contribution in [3.8, 4) is 17.2 Å². The van der Waals surface area contributed by atoms with Crippen molar-refractivity contribution in [3.05, 3.63) is 107 Å². The van der Waals surface area contributed by atoms with Gasteiger partial charge in [-0.25, -0.2) is 13.9 Å². The molecule has 2 N–H and O–H groups in total. The predicted octanol–water partition coefficient (Wildman–Crippen LogP) is 5.94. The first kappa shape index (κ1) is 23.5. The lowest BCUT2D eigenvalue weighted by Crippen LogP contribution is -2.08. The maximum atomic E-state index is 14.7. The number of hydrogen-bond donors (Lipinski definition) is 2. The molecule has 35 heavy (non-hydrogen) atoms. The molecule has 6 nitrogen and oxygen atoms in total. The van der Waals surface area contributed by atoms with E-state index in [0.717, 1.165) is 11.1 Å². The fraction of sp³-hybridized carbons (Fsp3) is 0.0714. The van der Waals surface area contributed by atoms with E-state index in [0.29, 0.717) is 17.1 Å². The average molecular weight is 471 g/mol. The van der Waals surface area contributed by atoms with Crippen molar-refractivity contribution in [2.75, 3.05) is 6.61 Å². The van der Waals surface area contributed by atoms with Gasteiger partial charge in [-0.2, -0.15) is 5.10 Å². The molecule has 0 aliphatic heterocycles. The van der Waals surface area contributed by atoms with E-state index in [4.69, 9.17) is 4.74 Å². The highest BCUT2D eigenvalue weighted by atomic mass is 19.1. The Kier molecular flexibility index (Phi) is 7.07. The van der Waals surface area contributed by atoms with Crippen molar-refractivity contribution < 1.29 is 24.1 Å². The molecule has 0 atom stereocenters. The quantitative estimate of drug-likeness (QED) is 0.327. The highest BCUT2D eigenvalue weighted by molar-refractivity contribution is 5.90. The zero-order chi connectivity index (χ0) is 24.8. The Labute approximate surface area is 201 Å². The summed E-state index contributed by atoms with van der Waals surface area (Å²) in [5.74, 6) is -1.07. The highest BCUT2D eigenvalue weighted by Crippen LogP contribution is 2.21. The summed E-state index contributed by atoms with van der Waals surface area (Å²) in [7, 11) is 0. The Hall–Kier alpha value is -4.65. The fourth-order valence-electron chi connectivity index (χ4n) is 3.37. The molecule has 3 aromatic carbocycles. The smallest absolute Gasteiger partial charge is 0.341 e. The molecule has 0 spiro atoms. The summed E-state index contributed by atoms with van der Waals surface area (Å²) >= 11 is 0. The number of carbonyl (C=O) groups excluding carboxylic acids is 1. The number of nitrogens with zero attached hydrogens (tertiary/aromatic N) is 2. The van der Waals surface area contributed by atoms with Crippen LogP contribution in [0.25, 0.3) is 30.0 Å². The number of aromatic nitrogens is 2. The average Bonchev–Trinajstić information content (AvgIpc) is 3.26. The molecular formula is C28H23FN2O4. The summed E-state index contributed by atoms with van der Waals surface area (Å²) in [6.07, 6.45) is 7.34. The Morgan fingerprint density at radius 3 is 2.06 bits per heavy atom. The van der Waals surface area contributed by atoms with Crippen LogP contribution in [-0.4, -0.2) is 32.6 Å². The zero-order valence-electron chi connectivity index (χ0n) is 18.9. The maximum Gasteiger partial charge on any atom is 0.341 e. The van der Waals surface area contributed by atoms with Gasteiger partial charge in [0.25, 0.3) is 0 Å². The van der Waals surface area contributed by atoms with Gasteiger partial charge in [0.2, 0.25) is 0 Å². The standard InChI is InChI=1S/C28H23FN2O4/c1-2-35-28(34)26-16-11-23(18-27(26)29)31-22(10-4-20-7-14-25(33)15-8-20)17-21(30-31)9-3-19-5-12-24(32)13-6-19/h3-18,32-33H,2H2,1H3/b9-3+,10-4+. The van der Waals surface area contributed by atoms with E-state index >= 15 is 0 Å². The van der Waals surface area contributed by atoms with Crippen molar-refractivity contribution >= 4 is 30.3 Å². The first-order valence-corrected chi connectivity index (χ1v) is 10.9. The lowest BCUT2D eigenvalue weighted by atomic mass is 10.1. The summed E-state index contributed by atoms with van der Waals surface area (Å²) < 4.78 is 21.2. The van der Waals surface area contributed by atoms with Crippen molar-refractivity contribution in [1.29, 1.82) is 0 Å². The Bertz CT molecular complexity index is 1390. The molecule has 0 aliphatic rings. The molecule has 0 fully saturated rings. The van der Waals surface area contributed by atoms with E-state index in [1.165, 1.54) is 12.1 Å². The molecule has 176 valence electrons. The van der Waals surface area contributed by atoms with Gasteiger partial charge in [-0.15, -0.1) is 0 Å². The minimum absolute atomic E-state index is 0.142. The third-order valence-corrected chi connectivity index (χ3v) is 5.13. The number of benzene rings is 3. The molecule has 0 saturated heterocycles. The second-order valence-electron chi connectivity index (χ2n) is 7.64. The first-order valence-electron chi connectivity index (χ1n) is 10.9. The molecular weight excluding hydrogens is 447 g/mol.